The number of halogens is 2. The predicted molar refractivity (Wildman–Crippen MR) is 78.7 cm³/mol. The molecule has 3 atom stereocenters. The molecule has 1 N–H and O–H groups in total. The molecule has 0 saturated carbocycles. The molecule has 1 heterocycles. The van der Waals surface area contributed by atoms with Crippen LogP contribution in [0, 0.1) is 11.7 Å². The molecule has 1 aromatic carbocycles. The number of rotatable bonds is 5. The van der Waals surface area contributed by atoms with E-state index in [1.165, 1.54) is 0 Å². The SMILES string of the molecule is CCCNC(c1cccc(Br)c1F)C1COC(C)C1. The normalized spacial score (nSPS) is 24.6. The van der Waals surface area contributed by atoms with E-state index in [0.29, 0.717) is 17.0 Å². The first-order valence-corrected chi connectivity index (χ1v) is 7.71. The van der Waals surface area contributed by atoms with Gasteiger partial charge in [-0.05, 0) is 48.3 Å². The van der Waals surface area contributed by atoms with Crippen LogP contribution in [0.2, 0.25) is 0 Å². The average molecular weight is 330 g/mol. The maximum atomic E-state index is 14.3. The van der Waals surface area contributed by atoms with Crippen molar-refractivity contribution in [1.82, 2.24) is 5.32 Å². The number of nitrogens with one attached hydrogen (secondary N) is 1. The third-order valence-corrected chi connectivity index (χ3v) is 4.24. The molecule has 1 aromatic rings. The zero-order chi connectivity index (χ0) is 13.8. The number of hydrogen-bond acceptors (Lipinski definition) is 2. The van der Waals surface area contributed by atoms with Crippen molar-refractivity contribution in [3.8, 4) is 0 Å². The fraction of sp³-hybridized carbons (Fsp3) is 0.600. The fourth-order valence-corrected chi connectivity index (χ4v) is 3.06. The van der Waals surface area contributed by atoms with E-state index in [2.05, 4.69) is 35.1 Å². The van der Waals surface area contributed by atoms with Crippen molar-refractivity contribution in [2.45, 2.75) is 38.8 Å². The molecule has 0 aliphatic carbocycles. The Bertz CT molecular complexity index is 427. The highest BCUT2D eigenvalue weighted by Gasteiger charge is 2.32. The number of hydrogen-bond donors (Lipinski definition) is 1. The highest BCUT2D eigenvalue weighted by molar-refractivity contribution is 9.10. The van der Waals surface area contributed by atoms with Gasteiger partial charge in [0, 0.05) is 17.5 Å². The monoisotopic (exact) mass is 329 g/mol. The largest absolute Gasteiger partial charge is 0.378 e. The third-order valence-electron chi connectivity index (χ3n) is 3.63. The lowest BCUT2D eigenvalue weighted by atomic mass is 9.90. The van der Waals surface area contributed by atoms with E-state index in [1.807, 2.05) is 12.1 Å². The molecule has 0 amide bonds. The van der Waals surface area contributed by atoms with Crippen molar-refractivity contribution in [3.63, 3.8) is 0 Å². The van der Waals surface area contributed by atoms with E-state index < -0.39 is 0 Å². The minimum Gasteiger partial charge on any atom is -0.378 e. The summed E-state index contributed by atoms with van der Waals surface area (Å²) < 4.78 is 20.5. The Morgan fingerprint density at radius 2 is 2.32 bits per heavy atom. The Labute approximate surface area is 122 Å². The lowest BCUT2D eigenvalue weighted by molar-refractivity contribution is 0.116. The van der Waals surface area contributed by atoms with E-state index >= 15 is 0 Å². The zero-order valence-corrected chi connectivity index (χ0v) is 13.0. The molecule has 2 rings (SSSR count). The van der Waals surface area contributed by atoms with Gasteiger partial charge in [0.25, 0.3) is 0 Å². The molecule has 106 valence electrons. The Morgan fingerprint density at radius 3 is 2.95 bits per heavy atom. The molecule has 1 fully saturated rings. The molecule has 2 nitrogen and oxygen atoms in total. The summed E-state index contributed by atoms with van der Waals surface area (Å²) in [7, 11) is 0. The molecule has 3 unspecified atom stereocenters. The van der Waals surface area contributed by atoms with Gasteiger partial charge in [-0.1, -0.05) is 19.1 Å². The van der Waals surface area contributed by atoms with Crippen LogP contribution in [0.25, 0.3) is 0 Å². The highest BCUT2D eigenvalue weighted by atomic mass is 79.9. The number of benzene rings is 1. The maximum absolute atomic E-state index is 14.3. The first-order chi connectivity index (χ1) is 9.13. The topological polar surface area (TPSA) is 21.3 Å². The van der Waals surface area contributed by atoms with Crippen molar-refractivity contribution in [2.75, 3.05) is 13.2 Å². The molecule has 19 heavy (non-hydrogen) atoms. The van der Waals surface area contributed by atoms with Crippen LogP contribution in [0.5, 0.6) is 0 Å². The van der Waals surface area contributed by atoms with Gasteiger partial charge in [-0.15, -0.1) is 0 Å². The smallest absolute Gasteiger partial charge is 0.142 e. The van der Waals surface area contributed by atoms with Gasteiger partial charge in [-0.25, -0.2) is 4.39 Å². The molecular weight excluding hydrogens is 309 g/mol. The second-order valence-electron chi connectivity index (χ2n) is 5.21. The molecule has 1 aliphatic heterocycles. The van der Waals surface area contributed by atoms with Crippen LogP contribution in [0.1, 0.15) is 38.3 Å². The second-order valence-corrected chi connectivity index (χ2v) is 6.07. The number of ether oxygens (including phenoxy) is 1. The van der Waals surface area contributed by atoms with Gasteiger partial charge in [0.1, 0.15) is 5.82 Å². The van der Waals surface area contributed by atoms with E-state index in [9.17, 15) is 4.39 Å². The van der Waals surface area contributed by atoms with Crippen molar-refractivity contribution in [2.24, 2.45) is 5.92 Å². The molecular formula is C15H21BrFNO. The maximum Gasteiger partial charge on any atom is 0.142 e. The van der Waals surface area contributed by atoms with Gasteiger partial charge < -0.3 is 10.1 Å². The van der Waals surface area contributed by atoms with Crippen LogP contribution in [0.4, 0.5) is 4.39 Å². The Hall–Kier alpha value is -0.450. The van der Waals surface area contributed by atoms with Crippen LogP contribution >= 0.6 is 15.9 Å². The van der Waals surface area contributed by atoms with Gasteiger partial charge in [0.05, 0.1) is 17.2 Å². The summed E-state index contributed by atoms with van der Waals surface area (Å²) in [5, 5.41) is 3.48. The van der Waals surface area contributed by atoms with Gasteiger partial charge >= 0.3 is 0 Å². The summed E-state index contributed by atoms with van der Waals surface area (Å²) >= 11 is 3.27. The van der Waals surface area contributed by atoms with Gasteiger partial charge in [0.15, 0.2) is 0 Å². The molecule has 0 bridgehead atoms. The quantitative estimate of drug-likeness (QED) is 0.879. The Kier molecular flexibility index (Phi) is 5.37. The van der Waals surface area contributed by atoms with E-state index in [-0.39, 0.29) is 18.0 Å². The summed E-state index contributed by atoms with van der Waals surface area (Å²) in [4.78, 5) is 0. The van der Waals surface area contributed by atoms with Crippen molar-refractivity contribution < 1.29 is 9.13 Å². The minimum atomic E-state index is -0.157. The van der Waals surface area contributed by atoms with Crippen LogP contribution in [0.3, 0.4) is 0 Å². The van der Waals surface area contributed by atoms with Crippen LogP contribution in [-0.2, 0) is 4.74 Å². The molecule has 1 aliphatic rings. The summed E-state index contributed by atoms with van der Waals surface area (Å²) in [5.74, 6) is 0.181. The fourth-order valence-electron chi connectivity index (χ4n) is 2.67. The molecule has 4 heteroatoms. The Balaban J connectivity index is 2.23. The minimum absolute atomic E-state index is 0.0300. The molecule has 0 aromatic heterocycles. The van der Waals surface area contributed by atoms with Crippen molar-refractivity contribution >= 4 is 15.9 Å². The highest BCUT2D eigenvalue weighted by Crippen LogP contribution is 2.34. The van der Waals surface area contributed by atoms with Crippen LogP contribution in [-0.4, -0.2) is 19.3 Å². The van der Waals surface area contributed by atoms with Gasteiger partial charge in [-0.3, -0.25) is 0 Å². The van der Waals surface area contributed by atoms with Crippen molar-refractivity contribution in [3.05, 3.63) is 34.1 Å². The second kappa shape index (κ2) is 6.82. The van der Waals surface area contributed by atoms with E-state index in [1.54, 1.807) is 6.07 Å². The van der Waals surface area contributed by atoms with Gasteiger partial charge in [0.2, 0.25) is 0 Å². The van der Waals surface area contributed by atoms with Crippen LogP contribution < -0.4 is 5.32 Å². The summed E-state index contributed by atoms with van der Waals surface area (Å²) in [6.45, 7) is 5.79. The van der Waals surface area contributed by atoms with E-state index in [4.69, 9.17) is 4.74 Å². The predicted octanol–water partition coefficient (Wildman–Crippen LogP) is 4.05. The zero-order valence-electron chi connectivity index (χ0n) is 11.5. The molecule has 0 radical (unpaired) electrons. The molecule has 1 saturated heterocycles. The average Bonchev–Trinajstić information content (AvgIpc) is 2.81. The summed E-state index contributed by atoms with van der Waals surface area (Å²) in [6, 6.07) is 5.53. The van der Waals surface area contributed by atoms with Crippen molar-refractivity contribution in [1.29, 1.82) is 0 Å². The lowest BCUT2D eigenvalue weighted by Gasteiger charge is -2.25. The lowest BCUT2D eigenvalue weighted by Crippen LogP contribution is -2.30. The summed E-state index contributed by atoms with van der Waals surface area (Å²) in [5.41, 5.74) is 0.741. The van der Waals surface area contributed by atoms with E-state index in [0.717, 1.165) is 24.9 Å². The first-order valence-electron chi connectivity index (χ1n) is 6.92. The van der Waals surface area contributed by atoms with Gasteiger partial charge in [-0.2, -0.15) is 0 Å². The Morgan fingerprint density at radius 1 is 1.53 bits per heavy atom. The van der Waals surface area contributed by atoms with Crippen LogP contribution in [0.15, 0.2) is 22.7 Å². The standard InChI is InChI=1S/C15H21BrFNO/c1-3-7-18-15(11-8-10(2)19-9-11)12-5-4-6-13(16)14(12)17/h4-6,10-11,15,18H,3,7-9H2,1-2H3. The molecule has 0 spiro atoms. The summed E-state index contributed by atoms with van der Waals surface area (Å²) in [6.07, 6.45) is 2.29. The first kappa shape index (κ1) is 14.9. The third kappa shape index (κ3) is 3.56.